The standard InChI is InChI=1S/C15H15NOS/c16-15(17)14-8-11(9-18-14)13-7-3-5-10-4-1-2-6-12(10)13/h1-2,4,6,8-9,13H,3,5,7H2,(H2,16,17). The van der Waals surface area contributed by atoms with Crippen molar-refractivity contribution in [3.05, 3.63) is 57.3 Å². The van der Waals surface area contributed by atoms with Crippen LogP contribution < -0.4 is 5.73 Å². The first-order chi connectivity index (χ1) is 8.75. The SMILES string of the molecule is NC(=O)c1cc(C2CCCc3ccccc32)cs1. The van der Waals surface area contributed by atoms with Crippen LogP contribution in [0.25, 0.3) is 0 Å². The molecule has 0 bridgehead atoms. The number of thiophene rings is 1. The molecule has 2 N–H and O–H groups in total. The highest BCUT2D eigenvalue weighted by atomic mass is 32.1. The Hall–Kier alpha value is -1.61. The Balaban J connectivity index is 2.00. The van der Waals surface area contributed by atoms with Crippen LogP contribution in [0.3, 0.4) is 0 Å². The van der Waals surface area contributed by atoms with Gasteiger partial charge in [0.1, 0.15) is 0 Å². The second-order valence-electron chi connectivity index (χ2n) is 4.75. The van der Waals surface area contributed by atoms with Crippen LogP contribution in [-0.2, 0) is 6.42 Å². The molecular formula is C15H15NOS. The number of benzene rings is 1. The molecule has 1 amide bonds. The van der Waals surface area contributed by atoms with Crippen molar-refractivity contribution in [3.8, 4) is 0 Å². The molecule has 0 spiro atoms. The molecule has 1 aliphatic carbocycles. The predicted molar refractivity (Wildman–Crippen MR) is 74.1 cm³/mol. The maximum absolute atomic E-state index is 11.2. The summed E-state index contributed by atoms with van der Waals surface area (Å²) in [7, 11) is 0. The van der Waals surface area contributed by atoms with Crippen LogP contribution in [0.2, 0.25) is 0 Å². The summed E-state index contributed by atoms with van der Waals surface area (Å²) in [5.41, 5.74) is 9.42. The van der Waals surface area contributed by atoms with E-state index >= 15 is 0 Å². The number of rotatable bonds is 2. The van der Waals surface area contributed by atoms with Crippen molar-refractivity contribution >= 4 is 17.2 Å². The van der Waals surface area contributed by atoms with Gasteiger partial charge in [-0.15, -0.1) is 11.3 Å². The van der Waals surface area contributed by atoms with Crippen LogP contribution in [0, 0.1) is 0 Å². The second kappa shape index (κ2) is 4.58. The highest BCUT2D eigenvalue weighted by Gasteiger charge is 2.22. The molecule has 0 saturated heterocycles. The minimum Gasteiger partial charge on any atom is -0.365 e. The number of primary amides is 1. The van der Waals surface area contributed by atoms with Crippen LogP contribution in [0.4, 0.5) is 0 Å². The molecule has 2 nitrogen and oxygen atoms in total. The summed E-state index contributed by atoms with van der Waals surface area (Å²) in [5.74, 6) is 0.106. The van der Waals surface area contributed by atoms with Crippen LogP contribution >= 0.6 is 11.3 Å². The molecule has 0 radical (unpaired) electrons. The highest BCUT2D eigenvalue weighted by Crippen LogP contribution is 2.38. The van der Waals surface area contributed by atoms with Crippen molar-refractivity contribution in [2.24, 2.45) is 5.73 Å². The van der Waals surface area contributed by atoms with Gasteiger partial charge in [0.15, 0.2) is 0 Å². The molecular weight excluding hydrogens is 242 g/mol. The molecule has 1 heterocycles. The molecule has 3 heteroatoms. The van der Waals surface area contributed by atoms with Gasteiger partial charge < -0.3 is 5.73 Å². The molecule has 92 valence electrons. The van der Waals surface area contributed by atoms with Crippen molar-refractivity contribution in [2.45, 2.75) is 25.2 Å². The van der Waals surface area contributed by atoms with E-state index in [1.807, 2.05) is 6.07 Å². The van der Waals surface area contributed by atoms with Gasteiger partial charge in [-0.05, 0) is 47.4 Å². The van der Waals surface area contributed by atoms with Crippen molar-refractivity contribution in [2.75, 3.05) is 0 Å². The van der Waals surface area contributed by atoms with Gasteiger partial charge in [0.05, 0.1) is 4.88 Å². The molecule has 0 aliphatic heterocycles. The number of nitrogens with two attached hydrogens (primary N) is 1. The molecule has 3 rings (SSSR count). The van der Waals surface area contributed by atoms with Crippen molar-refractivity contribution < 1.29 is 4.79 Å². The summed E-state index contributed by atoms with van der Waals surface area (Å²) in [6.45, 7) is 0. The average Bonchev–Trinajstić information content (AvgIpc) is 2.87. The monoisotopic (exact) mass is 257 g/mol. The minimum atomic E-state index is -0.324. The van der Waals surface area contributed by atoms with Gasteiger partial charge in [-0.1, -0.05) is 24.3 Å². The van der Waals surface area contributed by atoms with Gasteiger partial charge in [0.25, 0.3) is 5.91 Å². The number of amides is 1. The maximum atomic E-state index is 11.2. The molecule has 1 aromatic carbocycles. The van der Waals surface area contributed by atoms with Gasteiger partial charge in [0.2, 0.25) is 0 Å². The Kier molecular flexibility index (Phi) is 2.92. The molecule has 0 saturated carbocycles. The lowest BCUT2D eigenvalue weighted by atomic mass is 9.80. The topological polar surface area (TPSA) is 43.1 Å². The van der Waals surface area contributed by atoms with Crippen molar-refractivity contribution in [3.63, 3.8) is 0 Å². The molecule has 1 atom stereocenters. The number of carbonyl (C=O) groups excluding carboxylic acids is 1. The fourth-order valence-electron chi connectivity index (χ4n) is 2.76. The van der Waals surface area contributed by atoms with E-state index in [9.17, 15) is 4.79 Å². The summed E-state index contributed by atoms with van der Waals surface area (Å²) in [6, 6.07) is 10.6. The number of carbonyl (C=O) groups is 1. The van der Waals surface area contributed by atoms with Crippen LogP contribution in [-0.4, -0.2) is 5.91 Å². The van der Waals surface area contributed by atoms with Crippen LogP contribution in [0.1, 0.15) is 45.1 Å². The van der Waals surface area contributed by atoms with Crippen LogP contribution in [0.15, 0.2) is 35.7 Å². The normalized spacial score (nSPS) is 18.3. The number of hydrogen-bond donors (Lipinski definition) is 1. The maximum Gasteiger partial charge on any atom is 0.258 e. The van der Waals surface area contributed by atoms with Gasteiger partial charge in [0, 0.05) is 5.92 Å². The summed E-state index contributed by atoms with van der Waals surface area (Å²) in [5, 5.41) is 2.08. The molecule has 0 fully saturated rings. The summed E-state index contributed by atoms with van der Waals surface area (Å²) in [6.07, 6.45) is 3.54. The molecule has 1 unspecified atom stereocenters. The Bertz CT molecular complexity index is 588. The summed E-state index contributed by atoms with van der Waals surface area (Å²) < 4.78 is 0. The van der Waals surface area contributed by atoms with E-state index in [0.717, 1.165) is 6.42 Å². The first-order valence-electron chi connectivity index (χ1n) is 6.22. The quantitative estimate of drug-likeness (QED) is 0.881. The number of aryl methyl sites for hydroxylation is 1. The molecule has 1 aliphatic rings. The molecule has 1 aromatic heterocycles. The van der Waals surface area contributed by atoms with Crippen molar-refractivity contribution in [1.82, 2.24) is 0 Å². The van der Waals surface area contributed by atoms with E-state index in [1.54, 1.807) is 0 Å². The van der Waals surface area contributed by atoms with E-state index in [2.05, 4.69) is 29.6 Å². The van der Waals surface area contributed by atoms with E-state index in [0.29, 0.717) is 10.8 Å². The Morgan fingerprint density at radius 3 is 2.94 bits per heavy atom. The smallest absolute Gasteiger partial charge is 0.258 e. The Morgan fingerprint density at radius 1 is 1.33 bits per heavy atom. The second-order valence-corrected chi connectivity index (χ2v) is 5.66. The Morgan fingerprint density at radius 2 is 2.17 bits per heavy atom. The van der Waals surface area contributed by atoms with E-state index in [-0.39, 0.29) is 5.91 Å². The number of fused-ring (bicyclic) bond motifs is 1. The fraction of sp³-hybridized carbons (Fsp3) is 0.267. The third-order valence-electron chi connectivity index (χ3n) is 3.63. The lowest BCUT2D eigenvalue weighted by Gasteiger charge is -2.24. The zero-order valence-corrected chi connectivity index (χ0v) is 10.9. The zero-order valence-electron chi connectivity index (χ0n) is 10.1. The van der Waals surface area contributed by atoms with Gasteiger partial charge in [-0.2, -0.15) is 0 Å². The lowest BCUT2D eigenvalue weighted by molar-refractivity contribution is 0.100. The van der Waals surface area contributed by atoms with E-state index in [1.165, 1.54) is 40.9 Å². The first-order valence-corrected chi connectivity index (χ1v) is 7.09. The minimum absolute atomic E-state index is 0.324. The largest absolute Gasteiger partial charge is 0.365 e. The third-order valence-corrected chi connectivity index (χ3v) is 4.60. The Labute approximate surface area is 110 Å². The van der Waals surface area contributed by atoms with Crippen molar-refractivity contribution in [1.29, 1.82) is 0 Å². The van der Waals surface area contributed by atoms with Gasteiger partial charge in [-0.25, -0.2) is 0 Å². The molecule has 18 heavy (non-hydrogen) atoms. The van der Waals surface area contributed by atoms with E-state index in [4.69, 9.17) is 5.73 Å². The zero-order chi connectivity index (χ0) is 12.5. The summed E-state index contributed by atoms with van der Waals surface area (Å²) >= 11 is 1.45. The first kappa shape index (κ1) is 11.5. The van der Waals surface area contributed by atoms with Crippen LogP contribution in [0.5, 0.6) is 0 Å². The fourth-order valence-corrected chi connectivity index (χ4v) is 3.58. The van der Waals surface area contributed by atoms with E-state index < -0.39 is 0 Å². The van der Waals surface area contributed by atoms with Gasteiger partial charge in [-0.3, -0.25) is 4.79 Å². The third kappa shape index (κ3) is 1.95. The molecule has 2 aromatic rings. The summed E-state index contributed by atoms with van der Waals surface area (Å²) in [4.78, 5) is 11.8. The lowest BCUT2D eigenvalue weighted by Crippen LogP contribution is -2.11. The average molecular weight is 257 g/mol. The highest BCUT2D eigenvalue weighted by molar-refractivity contribution is 7.12. The van der Waals surface area contributed by atoms with Gasteiger partial charge >= 0.3 is 0 Å². The predicted octanol–water partition coefficient (Wildman–Crippen LogP) is 3.32. The number of hydrogen-bond acceptors (Lipinski definition) is 2.